The van der Waals surface area contributed by atoms with Crippen molar-refractivity contribution in [3.63, 3.8) is 0 Å². The maximum absolute atomic E-state index is 6.13. The number of nitrogens with zero attached hydrogens (tertiary/aromatic N) is 1. The second kappa shape index (κ2) is 4.93. The van der Waals surface area contributed by atoms with Gasteiger partial charge in [0.25, 0.3) is 0 Å². The lowest BCUT2D eigenvalue weighted by Crippen LogP contribution is -2.59. The number of thiophene rings is 1. The van der Waals surface area contributed by atoms with Crippen LogP contribution in [0.1, 0.15) is 30.2 Å². The maximum Gasteiger partial charge on any atom is 0.0565 e. The Morgan fingerprint density at radius 2 is 2.50 bits per heavy atom. The predicted molar refractivity (Wildman–Crippen MR) is 74.9 cm³/mol. The summed E-state index contributed by atoms with van der Waals surface area (Å²) < 4.78 is 5.70. The average molecular weight is 266 g/mol. The molecule has 2 unspecified atom stereocenters. The second-order valence-corrected chi connectivity index (χ2v) is 6.61. The lowest BCUT2D eigenvalue weighted by Gasteiger charge is -2.49. The van der Waals surface area contributed by atoms with Gasteiger partial charge in [0.2, 0.25) is 0 Å². The molecule has 2 N–H and O–H groups in total. The third kappa shape index (κ3) is 2.11. The minimum Gasteiger partial charge on any atom is -0.378 e. The molecule has 0 amide bonds. The summed E-state index contributed by atoms with van der Waals surface area (Å²) in [6, 6.07) is 2.28. The molecule has 0 bridgehead atoms. The van der Waals surface area contributed by atoms with Gasteiger partial charge in [0.15, 0.2) is 0 Å². The molecule has 2 aliphatic rings. The molecule has 0 aromatic carbocycles. The highest BCUT2D eigenvalue weighted by atomic mass is 32.1. The van der Waals surface area contributed by atoms with Gasteiger partial charge in [-0.2, -0.15) is 0 Å². The molecule has 1 fully saturated rings. The van der Waals surface area contributed by atoms with Crippen LogP contribution in [-0.4, -0.2) is 36.2 Å². The Bertz CT molecular complexity index is 420. The van der Waals surface area contributed by atoms with Crippen LogP contribution in [-0.2, 0) is 17.7 Å². The smallest absolute Gasteiger partial charge is 0.0565 e. The minimum atomic E-state index is 0.164. The van der Waals surface area contributed by atoms with Crippen LogP contribution < -0.4 is 5.73 Å². The molecule has 1 aromatic heterocycles. The van der Waals surface area contributed by atoms with Gasteiger partial charge in [-0.1, -0.05) is 0 Å². The van der Waals surface area contributed by atoms with Crippen LogP contribution in [0.25, 0.3) is 0 Å². The van der Waals surface area contributed by atoms with Crippen LogP contribution in [0.2, 0.25) is 0 Å². The van der Waals surface area contributed by atoms with Gasteiger partial charge in [-0.25, -0.2) is 0 Å². The van der Waals surface area contributed by atoms with E-state index in [-0.39, 0.29) is 5.54 Å². The fraction of sp³-hybridized carbons (Fsp3) is 0.714. The summed E-state index contributed by atoms with van der Waals surface area (Å²) in [5, 5.41) is 2.22. The van der Waals surface area contributed by atoms with Gasteiger partial charge in [0.1, 0.15) is 0 Å². The van der Waals surface area contributed by atoms with Gasteiger partial charge in [-0.05, 0) is 43.2 Å². The fourth-order valence-electron chi connectivity index (χ4n) is 3.40. The van der Waals surface area contributed by atoms with E-state index in [1.807, 2.05) is 11.3 Å². The number of ether oxygens (including phenoxy) is 1. The van der Waals surface area contributed by atoms with Crippen molar-refractivity contribution in [2.45, 2.75) is 44.4 Å². The standard InChI is InChI=1S/C14H22N2OS/c1-11-8-14(10-15,4-6-17-11)16-5-2-13-12(9-16)3-7-18-13/h3,7,11H,2,4-6,8-10,15H2,1H3. The molecular weight excluding hydrogens is 244 g/mol. The predicted octanol–water partition coefficient (Wildman–Crippen LogP) is 2.00. The zero-order valence-electron chi connectivity index (χ0n) is 11.0. The van der Waals surface area contributed by atoms with Crippen molar-refractivity contribution in [2.24, 2.45) is 5.73 Å². The van der Waals surface area contributed by atoms with Crippen LogP contribution in [0.5, 0.6) is 0 Å². The van der Waals surface area contributed by atoms with Crippen molar-refractivity contribution in [2.75, 3.05) is 19.7 Å². The number of nitrogens with two attached hydrogens (primary N) is 1. The zero-order chi connectivity index (χ0) is 12.6. The highest BCUT2D eigenvalue weighted by Crippen LogP contribution is 2.35. The normalized spacial score (nSPS) is 33.3. The monoisotopic (exact) mass is 266 g/mol. The summed E-state index contributed by atoms with van der Waals surface area (Å²) in [5.74, 6) is 0. The van der Waals surface area contributed by atoms with Crippen LogP contribution in [0.4, 0.5) is 0 Å². The van der Waals surface area contributed by atoms with E-state index in [0.717, 1.165) is 39.1 Å². The Morgan fingerprint density at radius 1 is 1.61 bits per heavy atom. The van der Waals surface area contributed by atoms with E-state index in [1.54, 1.807) is 4.88 Å². The number of fused-ring (bicyclic) bond motifs is 1. The quantitative estimate of drug-likeness (QED) is 0.890. The molecule has 0 saturated carbocycles. The molecular formula is C14H22N2OS. The molecule has 3 heterocycles. The highest BCUT2D eigenvalue weighted by molar-refractivity contribution is 7.10. The summed E-state index contributed by atoms with van der Waals surface area (Å²) in [6.45, 7) is 6.00. The second-order valence-electron chi connectivity index (χ2n) is 5.60. The van der Waals surface area contributed by atoms with E-state index in [2.05, 4.69) is 23.3 Å². The van der Waals surface area contributed by atoms with Gasteiger partial charge in [0, 0.05) is 36.7 Å². The molecule has 3 rings (SSSR count). The zero-order valence-corrected chi connectivity index (χ0v) is 11.8. The lowest BCUT2D eigenvalue weighted by atomic mass is 9.83. The third-order valence-corrected chi connectivity index (χ3v) is 5.52. The lowest BCUT2D eigenvalue weighted by molar-refractivity contribution is -0.0681. The van der Waals surface area contributed by atoms with E-state index in [0.29, 0.717) is 6.10 Å². The Hall–Kier alpha value is -0.420. The first-order valence-corrected chi connectivity index (χ1v) is 7.73. The SMILES string of the molecule is CC1CC(CN)(N2CCc3sccc3C2)CCO1. The van der Waals surface area contributed by atoms with Gasteiger partial charge in [-0.3, -0.25) is 4.90 Å². The molecule has 0 spiro atoms. The van der Waals surface area contributed by atoms with Crippen LogP contribution in [0, 0.1) is 0 Å². The molecule has 1 aromatic rings. The van der Waals surface area contributed by atoms with Crippen molar-refractivity contribution in [1.82, 2.24) is 4.90 Å². The van der Waals surface area contributed by atoms with E-state index in [4.69, 9.17) is 10.5 Å². The van der Waals surface area contributed by atoms with Crippen molar-refractivity contribution in [3.05, 3.63) is 21.9 Å². The first-order chi connectivity index (χ1) is 8.73. The maximum atomic E-state index is 6.13. The summed E-state index contributed by atoms with van der Waals surface area (Å²) in [7, 11) is 0. The average Bonchev–Trinajstić information content (AvgIpc) is 2.85. The molecule has 18 heavy (non-hydrogen) atoms. The van der Waals surface area contributed by atoms with Gasteiger partial charge < -0.3 is 10.5 Å². The molecule has 0 aliphatic carbocycles. The third-order valence-electron chi connectivity index (χ3n) is 4.50. The summed E-state index contributed by atoms with van der Waals surface area (Å²) in [4.78, 5) is 4.18. The molecule has 2 atom stereocenters. The first-order valence-electron chi connectivity index (χ1n) is 6.85. The summed E-state index contributed by atoms with van der Waals surface area (Å²) in [5.41, 5.74) is 7.81. The molecule has 0 radical (unpaired) electrons. The number of hydrogen-bond donors (Lipinski definition) is 1. The number of rotatable bonds is 2. The molecule has 2 aliphatic heterocycles. The molecule has 100 valence electrons. The van der Waals surface area contributed by atoms with Crippen molar-refractivity contribution < 1.29 is 4.74 Å². The van der Waals surface area contributed by atoms with Crippen molar-refractivity contribution in [3.8, 4) is 0 Å². The number of hydrogen-bond acceptors (Lipinski definition) is 4. The summed E-state index contributed by atoms with van der Waals surface area (Å²) in [6.07, 6.45) is 3.67. The van der Waals surface area contributed by atoms with Crippen LogP contribution in [0.3, 0.4) is 0 Å². The van der Waals surface area contributed by atoms with E-state index in [9.17, 15) is 0 Å². The molecule has 3 nitrogen and oxygen atoms in total. The Kier molecular flexibility index (Phi) is 3.45. The van der Waals surface area contributed by atoms with E-state index in [1.165, 1.54) is 12.0 Å². The Balaban J connectivity index is 1.81. The Morgan fingerprint density at radius 3 is 3.28 bits per heavy atom. The largest absolute Gasteiger partial charge is 0.378 e. The van der Waals surface area contributed by atoms with Crippen LogP contribution in [0.15, 0.2) is 11.4 Å². The van der Waals surface area contributed by atoms with Gasteiger partial charge in [-0.15, -0.1) is 11.3 Å². The first kappa shape index (κ1) is 12.6. The van der Waals surface area contributed by atoms with Crippen molar-refractivity contribution >= 4 is 11.3 Å². The van der Waals surface area contributed by atoms with Gasteiger partial charge >= 0.3 is 0 Å². The fourth-order valence-corrected chi connectivity index (χ4v) is 4.29. The topological polar surface area (TPSA) is 38.5 Å². The molecule has 4 heteroatoms. The van der Waals surface area contributed by atoms with Crippen molar-refractivity contribution in [1.29, 1.82) is 0 Å². The van der Waals surface area contributed by atoms with Gasteiger partial charge in [0.05, 0.1) is 6.10 Å². The highest BCUT2D eigenvalue weighted by Gasteiger charge is 2.40. The Labute approximate surface area is 113 Å². The summed E-state index contributed by atoms with van der Waals surface area (Å²) >= 11 is 1.90. The van der Waals surface area contributed by atoms with Crippen LogP contribution >= 0.6 is 11.3 Å². The van der Waals surface area contributed by atoms with E-state index < -0.39 is 0 Å². The molecule has 1 saturated heterocycles. The van der Waals surface area contributed by atoms with E-state index >= 15 is 0 Å². The minimum absolute atomic E-state index is 0.164.